The predicted molar refractivity (Wildman–Crippen MR) is 58.7 cm³/mol. The molecule has 2 N–H and O–H groups in total. The quantitative estimate of drug-likeness (QED) is 0.850. The van der Waals surface area contributed by atoms with Gasteiger partial charge in [0.1, 0.15) is 4.88 Å². The van der Waals surface area contributed by atoms with Gasteiger partial charge in [-0.15, -0.1) is 22.7 Å². The van der Waals surface area contributed by atoms with Crippen LogP contribution in [0.4, 0.5) is 0 Å². The maximum Gasteiger partial charge on any atom is 0.259 e. The molecule has 0 radical (unpaired) electrons. The maximum absolute atomic E-state index is 11.1. The summed E-state index contributed by atoms with van der Waals surface area (Å²) in [5.41, 5.74) is 6.16. The monoisotopic (exact) mass is 224 g/mol. The molecule has 3 nitrogen and oxygen atoms in total. The van der Waals surface area contributed by atoms with E-state index in [0.29, 0.717) is 4.88 Å². The van der Waals surface area contributed by atoms with Crippen LogP contribution >= 0.6 is 22.7 Å². The summed E-state index contributed by atoms with van der Waals surface area (Å²) >= 11 is 2.93. The molecule has 0 aliphatic heterocycles. The van der Waals surface area contributed by atoms with Crippen LogP contribution in [0.2, 0.25) is 0 Å². The highest BCUT2D eigenvalue weighted by atomic mass is 32.1. The number of thiazole rings is 1. The summed E-state index contributed by atoms with van der Waals surface area (Å²) in [5.74, 6) is -0.374. The van der Waals surface area contributed by atoms with Crippen LogP contribution in [0, 0.1) is 6.92 Å². The largest absolute Gasteiger partial charge is 0.365 e. The molecule has 0 aromatic carbocycles. The Morgan fingerprint density at radius 2 is 2.36 bits per heavy atom. The topological polar surface area (TPSA) is 56.0 Å². The van der Waals surface area contributed by atoms with Gasteiger partial charge in [0.15, 0.2) is 0 Å². The zero-order valence-corrected chi connectivity index (χ0v) is 9.11. The average Bonchev–Trinajstić information content (AvgIpc) is 2.70. The summed E-state index contributed by atoms with van der Waals surface area (Å²) in [5, 5.41) is 2.85. The van der Waals surface area contributed by atoms with Gasteiger partial charge in [-0.1, -0.05) is 0 Å². The van der Waals surface area contributed by atoms with Crippen LogP contribution in [0.3, 0.4) is 0 Å². The number of carbonyl (C=O) groups excluding carboxylic acids is 1. The first-order valence-corrected chi connectivity index (χ1v) is 5.68. The first-order valence-electron chi connectivity index (χ1n) is 3.98. The van der Waals surface area contributed by atoms with Crippen molar-refractivity contribution in [2.45, 2.75) is 6.92 Å². The van der Waals surface area contributed by atoms with Crippen LogP contribution in [-0.2, 0) is 0 Å². The van der Waals surface area contributed by atoms with Gasteiger partial charge < -0.3 is 5.73 Å². The normalized spacial score (nSPS) is 10.4. The van der Waals surface area contributed by atoms with Crippen LogP contribution in [0.1, 0.15) is 14.7 Å². The number of nitrogens with two attached hydrogens (primary N) is 1. The van der Waals surface area contributed by atoms with Gasteiger partial charge in [0.2, 0.25) is 0 Å². The second kappa shape index (κ2) is 3.51. The second-order valence-corrected chi connectivity index (χ2v) is 4.92. The van der Waals surface area contributed by atoms with Crippen molar-refractivity contribution < 1.29 is 4.79 Å². The van der Waals surface area contributed by atoms with E-state index >= 15 is 0 Å². The van der Waals surface area contributed by atoms with Gasteiger partial charge in [0.25, 0.3) is 5.91 Å². The van der Waals surface area contributed by atoms with Crippen molar-refractivity contribution in [1.29, 1.82) is 0 Å². The van der Waals surface area contributed by atoms with Crippen molar-refractivity contribution in [2.24, 2.45) is 5.73 Å². The summed E-state index contributed by atoms with van der Waals surface area (Å²) in [7, 11) is 0. The third-order valence-electron chi connectivity index (χ3n) is 1.78. The van der Waals surface area contributed by atoms with E-state index < -0.39 is 0 Å². The minimum absolute atomic E-state index is 0.374. The Hall–Kier alpha value is -1.20. The molecule has 0 aliphatic carbocycles. The van der Waals surface area contributed by atoms with Crippen molar-refractivity contribution >= 4 is 28.6 Å². The predicted octanol–water partition coefficient (Wildman–Crippen LogP) is 2.28. The van der Waals surface area contributed by atoms with E-state index in [-0.39, 0.29) is 5.91 Å². The Labute approximate surface area is 89.2 Å². The number of amides is 1. The molecule has 0 spiro atoms. The molecule has 14 heavy (non-hydrogen) atoms. The fourth-order valence-electron chi connectivity index (χ4n) is 1.18. The standard InChI is InChI=1S/C9H8N2OS2/c1-5-11-4-7(14-5)6-2-3-13-8(6)9(10)12/h2-4H,1H3,(H2,10,12). The highest BCUT2D eigenvalue weighted by molar-refractivity contribution is 7.16. The highest BCUT2D eigenvalue weighted by Crippen LogP contribution is 2.31. The van der Waals surface area contributed by atoms with Gasteiger partial charge in [0, 0.05) is 11.8 Å². The Bertz CT molecular complexity index is 473. The van der Waals surface area contributed by atoms with Gasteiger partial charge >= 0.3 is 0 Å². The van der Waals surface area contributed by atoms with E-state index in [2.05, 4.69) is 4.98 Å². The number of hydrogen-bond donors (Lipinski definition) is 1. The molecule has 0 bridgehead atoms. The second-order valence-electron chi connectivity index (χ2n) is 2.77. The molecule has 0 atom stereocenters. The van der Waals surface area contributed by atoms with Crippen molar-refractivity contribution in [3.8, 4) is 10.4 Å². The SMILES string of the molecule is Cc1ncc(-c2ccsc2C(N)=O)s1. The smallest absolute Gasteiger partial charge is 0.259 e. The third kappa shape index (κ3) is 1.56. The Morgan fingerprint density at radius 1 is 1.57 bits per heavy atom. The van der Waals surface area contributed by atoms with E-state index in [1.807, 2.05) is 18.4 Å². The number of carbonyl (C=O) groups is 1. The summed E-state index contributed by atoms with van der Waals surface area (Å²) in [6.07, 6.45) is 1.77. The van der Waals surface area contributed by atoms with Crippen LogP contribution < -0.4 is 5.73 Å². The van der Waals surface area contributed by atoms with Gasteiger partial charge in [0.05, 0.1) is 9.88 Å². The molecule has 0 fully saturated rings. The number of aryl methyl sites for hydroxylation is 1. The van der Waals surface area contributed by atoms with Crippen molar-refractivity contribution in [3.05, 3.63) is 27.5 Å². The fourth-order valence-corrected chi connectivity index (χ4v) is 2.82. The molecule has 0 saturated heterocycles. The molecule has 2 rings (SSSR count). The zero-order valence-electron chi connectivity index (χ0n) is 7.48. The molecule has 1 amide bonds. The lowest BCUT2D eigenvalue weighted by Gasteiger charge is -1.94. The Morgan fingerprint density at radius 3 is 2.93 bits per heavy atom. The number of hydrogen-bond acceptors (Lipinski definition) is 4. The summed E-state index contributed by atoms with van der Waals surface area (Å²) in [6, 6.07) is 1.90. The van der Waals surface area contributed by atoms with Crippen molar-refractivity contribution in [1.82, 2.24) is 4.98 Å². The molecule has 0 aliphatic rings. The molecule has 2 heterocycles. The lowest BCUT2D eigenvalue weighted by molar-refractivity contribution is 0.100. The molecule has 2 aromatic heterocycles. The maximum atomic E-state index is 11.1. The summed E-state index contributed by atoms with van der Waals surface area (Å²) < 4.78 is 0. The minimum atomic E-state index is -0.374. The fraction of sp³-hybridized carbons (Fsp3) is 0.111. The summed E-state index contributed by atoms with van der Waals surface area (Å²) in [4.78, 5) is 16.8. The van der Waals surface area contributed by atoms with E-state index in [1.54, 1.807) is 17.5 Å². The lowest BCUT2D eigenvalue weighted by Crippen LogP contribution is -2.09. The summed E-state index contributed by atoms with van der Waals surface area (Å²) in [6.45, 7) is 1.93. The first kappa shape index (κ1) is 9.36. The number of aromatic nitrogens is 1. The highest BCUT2D eigenvalue weighted by Gasteiger charge is 2.13. The number of nitrogens with zero attached hydrogens (tertiary/aromatic N) is 1. The molecule has 5 heteroatoms. The molecule has 0 saturated carbocycles. The van der Waals surface area contributed by atoms with Crippen LogP contribution in [-0.4, -0.2) is 10.9 Å². The Kier molecular flexibility index (Phi) is 2.35. The van der Waals surface area contributed by atoms with Crippen molar-refractivity contribution in [3.63, 3.8) is 0 Å². The molecular weight excluding hydrogens is 216 g/mol. The van der Waals surface area contributed by atoms with E-state index in [4.69, 9.17) is 5.73 Å². The van der Waals surface area contributed by atoms with E-state index in [1.165, 1.54) is 11.3 Å². The number of thiophene rings is 1. The number of primary amides is 1. The molecular formula is C9H8N2OS2. The van der Waals surface area contributed by atoms with E-state index in [9.17, 15) is 4.79 Å². The van der Waals surface area contributed by atoms with Gasteiger partial charge in [-0.25, -0.2) is 4.98 Å². The molecule has 72 valence electrons. The molecule has 2 aromatic rings. The number of rotatable bonds is 2. The van der Waals surface area contributed by atoms with Gasteiger partial charge in [-0.05, 0) is 18.4 Å². The third-order valence-corrected chi connectivity index (χ3v) is 3.65. The van der Waals surface area contributed by atoms with E-state index in [0.717, 1.165) is 15.4 Å². The van der Waals surface area contributed by atoms with Crippen LogP contribution in [0.5, 0.6) is 0 Å². The van der Waals surface area contributed by atoms with Gasteiger partial charge in [-0.2, -0.15) is 0 Å². The zero-order chi connectivity index (χ0) is 10.1. The van der Waals surface area contributed by atoms with Crippen LogP contribution in [0.15, 0.2) is 17.6 Å². The van der Waals surface area contributed by atoms with Gasteiger partial charge in [-0.3, -0.25) is 4.79 Å². The minimum Gasteiger partial charge on any atom is -0.365 e. The van der Waals surface area contributed by atoms with Crippen molar-refractivity contribution in [2.75, 3.05) is 0 Å². The van der Waals surface area contributed by atoms with Crippen LogP contribution in [0.25, 0.3) is 10.4 Å². The average molecular weight is 224 g/mol. The first-order chi connectivity index (χ1) is 6.68. The lowest BCUT2D eigenvalue weighted by atomic mass is 10.2. The molecule has 0 unspecified atom stereocenters. The Balaban J connectivity index is 2.51.